The van der Waals surface area contributed by atoms with Gasteiger partial charge in [0, 0.05) is 6.42 Å². The van der Waals surface area contributed by atoms with Crippen molar-refractivity contribution in [3.63, 3.8) is 0 Å². The summed E-state index contributed by atoms with van der Waals surface area (Å²) in [5.74, 6) is 2.47. The Hall–Kier alpha value is -2.69. The molecular weight excluding hydrogens is 354 g/mol. The smallest absolute Gasteiger partial charge is 0.221 e. The van der Waals surface area contributed by atoms with Crippen LogP contribution in [0.1, 0.15) is 43.2 Å². The van der Waals surface area contributed by atoms with Crippen molar-refractivity contribution < 1.29 is 19.0 Å². The van der Waals surface area contributed by atoms with Crippen LogP contribution in [-0.4, -0.2) is 26.2 Å². The third kappa shape index (κ3) is 3.93. The molecule has 0 bridgehead atoms. The normalized spacial score (nSPS) is 17.2. The lowest BCUT2D eigenvalue weighted by Crippen LogP contribution is -2.44. The van der Waals surface area contributed by atoms with Crippen LogP contribution in [0.15, 0.2) is 42.5 Å². The third-order valence-electron chi connectivity index (χ3n) is 5.71. The van der Waals surface area contributed by atoms with Crippen LogP contribution in [-0.2, 0) is 16.8 Å². The Labute approximate surface area is 166 Å². The van der Waals surface area contributed by atoms with Crippen molar-refractivity contribution in [2.24, 2.45) is 0 Å². The Kier molecular flexibility index (Phi) is 5.42. The van der Waals surface area contributed by atoms with E-state index in [-0.39, 0.29) is 11.4 Å². The standard InChI is InChI=1S/C23H27NO4/c1-26-19-6-4-5-17(15-19)7-10-22(25)24-23(11-2-3-12-23)18-8-9-20-21(16-18)28-14-13-27-20/h4-6,8-9,15-16H,2-3,7,10-14H2,1H3,(H,24,25). The molecule has 1 amide bonds. The van der Waals surface area contributed by atoms with Crippen molar-refractivity contribution >= 4 is 5.91 Å². The highest BCUT2D eigenvalue weighted by Crippen LogP contribution is 2.42. The number of amides is 1. The number of rotatable bonds is 6. The molecule has 28 heavy (non-hydrogen) atoms. The Morgan fingerprint density at radius 2 is 1.86 bits per heavy atom. The average molecular weight is 381 g/mol. The van der Waals surface area contributed by atoms with Crippen molar-refractivity contribution in [2.75, 3.05) is 20.3 Å². The van der Waals surface area contributed by atoms with Crippen molar-refractivity contribution in [1.29, 1.82) is 0 Å². The largest absolute Gasteiger partial charge is 0.497 e. The SMILES string of the molecule is COc1cccc(CCC(=O)NC2(c3ccc4c(c3)OCCO4)CCCC2)c1. The van der Waals surface area contributed by atoms with Gasteiger partial charge in [0.05, 0.1) is 12.6 Å². The lowest BCUT2D eigenvalue weighted by atomic mass is 9.87. The highest BCUT2D eigenvalue weighted by atomic mass is 16.6. The number of methoxy groups -OCH3 is 1. The first-order valence-electron chi connectivity index (χ1n) is 10.0. The Morgan fingerprint density at radius 1 is 1.07 bits per heavy atom. The molecule has 0 unspecified atom stereocenters. The first-order chi connectivity index (χ1) is 13.7. The van der Waals surface area contributed by atoms with Gasteiger partial charge in [0.25, 0.3) is 0 Å². The van der Waals surface area contributed by atoms with Gasteiger partial charge in [-0.2, -0.15) is 0 Å². The number of benzene rings is 2. The predicted molar refractivity (Wildman–Crippen MR) is 107 cm³/mol. The summed E-state index contributed by atoms with van der Waals surface area (Å²) in [7, 11) is 1.66. The van der Waals surface area contributed by atoms with E-state index in [0.717, 1.165) is 54.1 Å². The van der Waals surface area contributed by atoms with E-state index in [1.54, 1.807) is 7.11 Å². The Balaban J connectivity index is 1.46. The molecule has 1 fully saturated rings. The zero-order valence-corrected chi connectivity index (χ0v) is 16.3. The molecule has 0 saturated heterocycles. The summed E-state index contributed by atoms with van der Waals surface area (Å²) >= 11 is 0. The molecule has 5 nitrogen and oxygen atoms in total. The maximum atomic E-state index is 12.8. The number of carbonyl (C=O) groups excluding carboxylic acids is 1. The third-order valence-corrected chi connectivity index (χ3v) is 5.71. The zero-order valence-electron chi connectivity index (χ0n) is 16.3. The number of hydrogen-bond acceptors (Lipinski definition) is 4. The van der Waals surface area contributed by atoms with Gasteiger partial charge in [-0.1, -0.05) is 31.0 Å². The number of nitrogens with one attached hydrogen (secondary N) is 1. The maximum absolute atomic E-state index is 12.8. The Morgan fingerprint density at radius 3 is 2.64 bits per heavy atom. The summed E-state index contributed by atoms with van der Waals surface area (Å²) < 4.78 is 16.7. The van der Waals surface area contributed by atoms with Crippen LogP contribution in [0, 0.1) is 0 Å². The monoisotopic (exact) mass is 381 g/mol. The second kappa shape index (κ2) is 8.13. The van der Waals surface area contributed by atoms with Gasteiger partial charge in [-0.15, -0.1) is 0 Å². The molecule has 1 heterocycles. The summed E-state index contributed by atoms with van der Waals surface area (Å²) in [5.41, 5.74) is 1.92. The minimum Gasteiger partial charge on any atom is -0.497 e. The second-order valence-electron chi connectivity index (χ2n) is 7.55. The summed E-state index contributed by atoms with van der Waals surface area (Å²) in [4.78, 5) is 12.8. The topological polar surface area (TPSA) is 56.8 Å². The highest BCUT2D eigenvalue weighted by molar-refractivity contribution is 5.77. The Bertz CT molecular complexity index is 842. The highest BCUT2D eigenvalue weighted by Gasteiger charge is 2.37. The molecule has 0 aromatic heterocycles. The van der Waals surface area contributed by atoms with E-state index in [1.165, 1.54) is 0 Å². The number of aryl methyl sites for hydroxylation is 1. The molecule has 2 aromatic carbocycles. The minimum atomic E-state index is -0.304. The van der Waals surface area contributed by atoms with E-state index in [4.69, 9.17) is 14.2 Å². The quantitative estimate of drug-likeness (QED) is 0.822. The summed E-state index contributed by atoms with van der Waals surface area (Å²) in [6.07, 6.45) is 5.30. The van der Waals surface area contributed by atoms with Crippen LogP contribution < -0.4 is 19.5 Å². The van der Waals surface area contributed by atoms with E-state index in [0.29, 0.717) is 26.1 Å². The van der Waals surface area contributed by atoms with E-state index in [9.17, 15) is 4.79 Å². The van der Waals surface area contributed by atoms with Gasteiger partial charge in [-0.25, -0.2) is 0 Å². The maximum Gasteiger partial charge on any atom is 0.221 e. The van der Waals surface area contributed by atoms with E-state index in [2.05, 4.69) is 11.4 Å². The van der Waals surface area contributed by atoms with Crippen LogP contribution in [0.2, 0.25) is 0 Å². The van der Waals surface area contributed by atoms with Gasteiger partial charge in [0.15, 0.2) is 11.5 Å². The van der Waals surface area contributed by atoms with Crippen molar-refractivity contribution in [2.45, 2.75) is 44.1 Å². The van der Waals surface area contributed by atoms with Gasteiger partial charge in [-0.05, 0) is 54.7 Å². The summed E-state index contributed by atoms with van der Waals surface area (Å²) in [5, 5.41) is 3.35. The van der Waals surface area contributed by atoms with Gasteiger partial charge in [0.1, 0.15) is 19.0 Å². The fourth-order valence-electron chi connectivity index (χ4n) is 4.22. The molecule has 0 spiro atoms. The fourth-order valence-corrected chi connectivity index (χ4v) is 4.22. The predicted octanol–water partition coefficient (Wildman–Crippen LogP) is 3.98. The summed E-state index contributed by atoms with van der Waals surface area (Å²) in [6.45, 7) is 1.15. The molecule has 0 radical (unpaired) electrons. The van der Waals surface area contributed by atoms with Crippen molar-refractivity contribution in [1.82, 2.24) is 5.32 Å². The molecule has 1 aliphatic carbocycles. The molecule has 148 valence electrons. The van der Waals surface area contributed by atoms with Gasteiger partial charge < -0.3 is 19.5 Å². The van der Waals surface area contributed by atoms with Crippen LogP contribution >= 0.6 is 0 Å². The van der Waals surface area contributed by atoms with Crippen molar-refractivity contribution in [3.05, 3.63) is 53.6 Å². The van der Waals surface area contributed by atoms with Gasteiger partial charge in [0.2, 0.25) is 5.91 Å². The molecule has 0 atom stereocenters. The molecule has 1 aliphatic heterocycles. The molecule has 1 saturated carbocycles. The molecule has 1 N–H and O–H groups in total. The summed E-state index contributed by atoms with van der Waals surface area (Å²) in [6, 6.07) is 14.0. The van der Waals surface area contributed by atoms with Crippen LogP contribution in [0.4, 0.5) is 0 Å². The first kappa shape index (κ1) is 18.7. The van der Waals surface area contributed by atoms with E-state index in [1.807, 2.05) is 36.4 Å². The lowest BCUT2D eigenvalue weighted by molar-refractivity contribution is -0.123. The van der Waals surface area contributed by atoms with Gasteiger partial charge in [-0.3, -0.25) is 4.79 Å². The number of fused-ring (bicyclic) bond motifs is 1. The van der Waals surface area contributed by atoms with Crippen LogP contribution in [0.5, 0.6) is 17.2 Å². The molecule has 5 heteroatoms. The molecule has 2 aromatic rings. The molecular formula is C23H27NO4. The molecule has 2 aliphatic rings. The average Bonchev–Trinajstić information content (AvgIpc) is 3.21. The van der Waals surface area contributed by atoms with Crippen molar-refractivity contribution in [3.8, 4) is 17.2 Å². The van der Waals surface area contributed by atoms with E-state index < -0.39 is 0 Å². The number of hydrogen-bond donors (Lipinski definition) is 1. The first-order valence-corrected chi connectivity index (χ1v) is 10.0. The lowest BCUT2D eigenvalue weighted by Gasteiger charge is -2.32. The van der Waals surface area contributed by atoms with Crippen LogP contribution in [0.3, 0.4) is 0 Å². The zero-order chi connectivity index (χ0) is 19.4. The minimum absolute atomic E-state index is 0.0830. The fraction of sp³-hybridized carbons (Fsp3) is 0.435. The van der Waals surface area contributed by atoms with Crippen LogP contribution in [0.25, 0.3) is 0 Å². The number of ether oxygens (including phenoxy) is 3. The second-order valence-corrected chi connectivity index (χ2v) is 7.55. The van der Waals surface area contributed by atoms with E-state index >= 15 is 0 Å². The molecule has 4 rings (SSSR count). The number of carbonyl (C=O) groups is 1. The van der Waals surface area contributed by atoms with Gasteiger partial charge >= 0.3 is 0 Å².